The van der Waals surface area contributed by atoms with Gasteiger partial charge in [-0.25, -0.2) is 0 Å². The van der Waals surface area contributed by atoms with Crippen LogP contribution in [0.15, 0.2) is 29.2 Å². The van der Waals surface area contributed by atoms with Crippen molar-refractivity contribution >= 4 is 11.8 Å². The van der Waals surface area contributed by atoms with Gasteiger partial charge in [0.05, 0.1) is 0 Å². The predicted octanol–water partition coefficient (Wildman–Crippen LogP) is 2.67. The fraction of sp³-hybridized carbons (Fsp3) is 0.571. The maximum Gasteiger partial charge on any atom is 0.0358 e. The molecule has 1 aromatic rings. The molecule has 0 aromatic heterocycles. The molecule has 2 nitrogen and oxygen atoms in total. The lowest BCUT2D eigenvalue weighted by Gasteiger charge is -2.23. The van der Waals surface area contributed by atoms with Crippen LogP contribution in [0.4, 0.5) is 0 Å². The van der Waals surface area contributed by atoms with Crippen LogP contribution in [0, 0.1) is 5.92 Å². The van der Waals surface area contributed by atoms with Gasteiger partial charge in [0, 0.05) is 10.9 Å². The molecule has 2 unspecified atom stereocenters. The Labute approximate surface area is 109 Å². The molecule has 1 saturated heterocycles. The maximum atomic E-state index is 3.46. The lowest BCUT2D eigenvalue weighted by atomic mass is 9.92. The highest BCUT2D eigenvalue weighted by Gasteiger charge is 2.24. The van der Waals surface area contributed by atoms with Crippen LogP contribution in [0.3, 0.4) is 0 Å². The molecule has 1 aromatic carbocycles. The molecule has 2 N–H and O–H groups in total. The van der Waals surface area contributed by atoms with E-state index in [4.69, 9.17) is 0 Å². The van der Waals surface area contributed by atoms with Gasteiger partial charge >= 0.3 is 0 Å². The molecule has 94 valence electrons. The van der Waals surface area contributed by atoms with Crippen molar-refractivity contribution in [3.05, 3.63) is 29.8 Å². The average molecular weight is 250 g/mol. The number of hydrogen-bond donors (Lipinski definition) is 2. The van der Waals surface area contributed by atoms with E-state index in [1.165, 1.54) is 16.9 Å². The minimum atomic E-state index is 0.491. The third-order valence-corrected chi connectivity index (χ3v) is 4.33. The van der Waals surface area contributed by atoms with Gasteiger partial charge in [-0.05, 0) is 55.9 Å². The summed E-state index contributed by atoms with van der Waals surface area (Å²) in [5.41, 5.74) is 1.42. The first-order valence-corrected chi connectivity index (χ1v) is 7.44. The van der Waals surface area contributed by atoms with E-state index in [0.717, 1.165) is 24.8 Å². The zero-order chi connectivity index (χ0) is 12.1. The Bertz CT molecular complexity index is 331. The second-order valence-electron chi connectivity index (χ2n) is 4.52. The molecule has 17 heavy (non-hydrogen) atoms. The Balaban J connectivity index is 2.07. The SMILES string of the molecule is CCSc1ccc(C(NC)C2CCNC2)cc1. The molecule has 0 amide bonds. The van der Waals surface area contributed by atoms with E-state index in [1.807, 2.05) is 11.8 Å². The van der Waals surface area contributed by atoms with Gasteiger partial charge in [0.25, 0.3) is 0 Å². The minimum absolute atomic E-state index is 0.491. The standard InChI is InChI=1S/C14H22N2S/c1-3-17-13-6-4-11(5-7-13)14(15-2)12-8-9-16-10-12/h4-7,12,14-16H,3,8-10H2,1-2H3. The molecule has 0 spiro atoms. The zero-order valence-corrected chi connectivity index (χ0v) is 11.5. The van der Waals surface area contributed by atoms with Gasteiger partial charge in [-0.2, -0.15) is 0 Å². The molecule has 3 heteroatoms. The number of thioether (sulfide) groups is 1. The van der Waals surface area contributed by atoms with E-state index in [-0.39, 0.29) is 0 Å². The number of nitrogens with one attached hydrogen (secondary N) is 2. The Morgan fingerprint density at radius 2 is 2.18 bits per heavy atom. The van der Waals surface area contributed by atoms with Gasteiger partial charge in [-0.15, -0.1) is 11.8 Å². The summed E-state index contributed by atoms with van der Waals surface area (Å²) in [6.07, 6.45) is 1.27. The van der Waals surface area contributed by atoms with Crippen molar-refractivity contribution in [1.29, 1.82) is 0 Å². The summed E-state index contributed by atoms with van der Waals surface area (Å²) in [5, 5.41) is 6.91. The van der Waals surface area contributed by atoms with Crippen LogP contribution in [0.1, 0.15) is 24.9 Å². The highest BCUT2D eigenvalue weighted by molar-refractivity contribution is 7.99. The first-order chi connectivity index (χ1) is 8.35. The van der Waals surface area contributed by atoms with Crippen molar-refractivity contribution in [1.82, 2.24) is 10.6 Å². The maximum absolute atomic E-state index is 3.46. The summed E-state index contributed by atoms with van der Waals surface area (Å²) in [5.74, 6) is 1.87. The smallest absolute Gasteiger partial charge is 0.0358 e. The second-order valence-corrected chi connectivity index (χ2v) is 5.86. The van der Waals surface area contributed by atoms with E-state index < -0.39 is 0 Å². The third kappa shape index (κ3) is 3.24. The van der Waals surface area contributed by atoms with Crippen molar-refractivity contribution in [2.75, 3.05) is 25.9 Å². The molecule has 1 heterocycles. The van der Waals surface area contributed by atoms with E-state index >= 15 is 0 Å². The molecule has 1 fully saturated rings. The number of rotatable bonds is 5. The van der Waals surface area contributed by atoms with E-state index in [0.29, 0.717) is 6.04 Å². The summed E-state index contributed by atoms with van der Waals surface area (Å²) in [4.78, 5) is 1.37. The Hall–Kier alpha value is -0.510. The van der Waals surface area contributed by atoms with Crippen molar-refractivity contribution < 1.29 is 0 Å². The number of hydrogen-bond acceptors (Lipinski definition) is 3. The fourth-order valence-electron chi connectivity index (χ4n) is 2.57. The largest absolute Gasteiger partial charge is 0.316 e. The molecular formula is C14H22N2S. The highest BCUT2D eigenvalue weighted by atomic mass is 32.2. The molecule has 0 saturated carbocycles. The Morgan fingerprint density at radius 1 is 1.41 bits per heavy atom. The predicted molar refractivity (Wildman–Crippen MR) is 75.6 cm³/mol. The number of benzene rings is 1. The third-order valence-electron chi connectivity index (χ3n) is 3.43. The first kappa shape index (κ1) is 12.9. The summed E-state index contributed by atoms with van der Waals surface area (Å²) in [7, 11) is 2.07. The van der Waals surface area contributed by atoms with Gasteiger partial charge in [0.2, 0.25) is 0 Å². The Kier molecular flexibility index (Phi) is 4.89. The van der Waals surface area contributed by atoms with Gasteiger partial charge < -0.3 is 10.6 Å². The molecule has 0 aliphatic carbocycles. The molecule has 1 aliphatic rings. The first-order valence-electron chi connectivity index (χ1n) is 6.46. The molecule has 2 atom stereocenters. The van der Waals surface area contributed by atoms with Crippen molar-refractivity contribution in [3.8, 4) is 0 Å². The van der Waals surface area contributed by atoms with Crippen LogP contribution in [0.5, 0.6) is 0 Å². The summed E-state index contributed by atoms with van der Waals surface area (Å²) >= 11 is 1.90. The lowest BCUT2D eigenvalue weighted by molar-refractivity contribution is 0.410. The molecule has 0 radical (unpaired) electrons. The van der Waals surface area contributed by atoms with Gasteiger partial charge in [-0.1, -0.05) is 19.1 Å². The fourth-order valence-corrected chi connectivity index (χ4v) is 3.24. The van der Waals surface area contributed by atoms with E-state index in [2.05, 4.69) is 48.9 Å². The zero-order valence-electron chi connectivity index (χ0n) is 10.7. The van der Waals surface area contributed by atoms with Crippen molar-refractivity contribution in [2.24, 2.45) is 5.92 Å². The van der Waals surface area contributed by atoms with Gasteiger partial charge in [-0.3, -0.25) is 0 Å². The van der Waals surface area contributed by atoms with Crippen molar-refractivity contribution in [3.63, 3.8) is 0 Å². The monoisotopic (exact) mass is 250 g/mol. The average Bonchev–Trinajstić information content (AvgIpc) is 2.86. The van der Waals surface area contributed by atoms with Crippen LogP contribution in [0.2, 0.25) is 0 Å². The molecule has 0 bridgehead atoms. The Morgan fingerprint density at radius 3 is 2.71 bits per heavy atom. The summed E-state index contributed by atoms with van der Waals surface area (Å²) in [6.45, 7) is 4.49. The van der Waals surface area contributed by atoms with Crippen LogP contribution < -0.4 is 10.6 Å². The van der Waals surface area contributed by atoms with Crippen LogP contribution in [-0.4, -0.2) is 25.9 Å². The summed E-state index contributed by atoms with van der Waals surface area (Å²) < 4.78 is 0. The van der Waals surface area contributed by atoms with Gasteiger partial charge in [0.15, 0.2) is 0 Å². The molecular weight excluding hydrogens is 228 g/mol. The van der Waals surface area contributed by atoms with Crippen LogP contribution in [-0.2, 0) is 0 Å². The van der Waals surface area contributed by atoms with Crippen LogP contribution >= 0.6 is 11.8 Å². The van der Waals surface area contributed by atoms with E-state index in [1.54, 1.807) is 0 Å². The molecule has 2 rings (SSSR count). The van der Waals surface area contributed by atoms with Gasteiger partial charge in [0.1, 0.15) is 0 Å². The quantitative estimate of drug-likeness (QED) is 0.786. The second kappa shape index (κ2) is 6.43. The van der Waals surface area contributed by atoms with Crippen molar-refractivity contribution in [2.45, 2.75) is 24.3 Å². The molecule has 1 aliphatic heterocycles. The highest BCUT2D eigenvalue weighted by Crippen LogP contribution is 2.28. The van der Waals surface area contributed by atoms with Crippen LogP contribution in [0.25, 0.3) is 0 Å². The van der Waals surface area contributed by atoms with E-state index in [9.17, 15) is 0 Å². The minimum Gasteiger partial charge on any atom is -0.316 e. The normalized spacial score (nSPS) is 21.6. The lowest BCUT2D eigenvalue weighted by Crippen LogP contribution is -2.26. The topological polar surface area (TPSA) is 24.1 Å². The summed E-state index contributed by atoms with van der Waals surface area (Å²) in [6, 6.07) is 9.53.